The molecule has 2 aliphatic rings. The number of nitriles is 3. The van der Waals surface area contributed by atoms with Gasteiger partial charge in [-0.2, -0.15) is 15.8 Å². The Morgan fingerprint density at radius 2 is 1.55 bits per heavy atom. The summed E-state index contributed by atoms with van der Waals surface area (Å²) in [7, 11) is 0. The van der Waals surface area contributed by atoms with Gasteiger partial charge in [-0.25, -0.2) is 0 Å². The quantitative estimate of drug-likeness (QED) is 0.836. The third-order valence-electron chi connectivity index (χ3n) is 6.46. The Labute approximate surface area is 182 Å². The minimum atomic E-state index is -1.53. The SMILES string of the molecule is N#CC1=C(N)C(C#N)(C#N)C(Cc2ccccc2)C2CN(Cc3ccccc3)CC=C12. The van der Waals surface area contributed by atoms with Gasteiger partial charge in [0.05, 0.1) is 23.4 Å². The number of nitrogens with two attached hydrogens (primary N) is 1. The van der Waals surface area contributed by atoms with Crippen LogP contribution in [0.4, 0.5) is 0 Å². The van der Waals surface area contributed by atoms with E-state index in [-0.39, 0.29) is 17.5 Å². The highest BCUT2D eigenvalue weighted by Gasteiger charge is 2.53. The van der Waals surface area contributed by atoms with E-state index in [2.05, 4.69) is 41.3 Å². The van der Waals surface area contributed by atoms with Gasteiger partial charge in [0.15, 0.2) is 5.41 Å². The minimum Gasteiger partial charge on any atom is -0.399 e. The monoisotopic (exact) mass is 405 g/mol. The van der Waals surface area contributed by atoms with E-state index in [9.17, 15) is 15.8 Å². The van der Waals surface area contributed by atoms with Crippen LogP contribution in [0, 0.1) is 51.2 Å². The van der Waals surface area contributed by atoms with E-state index in [0.29, 0.717) is 25.1 Å². The second-order valence-electron chi connectivity index (χ2n) is 8.17. The number of benzene rings is 2. The smallest absolute Gasteiger partial charge is 0.187 e. The molecular formula is C26H23N5. The van der Waals surface area contributed by atoms with Gasteiger partial charge in [0.25, 0.3) is 0 Å². The third-order valence-corrected chi connectivity index (χ3v) is 6.46. The zero-order chi connectivity index (χ0) is 21.8. The molecule has 31 heavy (non-hydrogen) atoms. The third kappa shape index (κ3) is 3.59. The van der Waals surface area contributed by atoms with Crippen LogP contribution in [0.1, 0.15) is 11.1 Å². The van der Waals surface area contributed by atoms with E-state index in [1.54, 1.807) is 0 Å². The number of rotatable bonds is 4. The Balaban J connectivity index is 1.77. The summed E-state index contributed by atoms with van der Waals surface area (Å²) in [4.78, 5) is 2.30. The number of allylic oxidation sites excluding steroid dienone is 2. The topological polar surface area (TPSA) is 101 Å². The molecule has 5 heteroatoms. The molecule has 2 atom stereocenters. The zero-order valence-electron chi connectivity index (χ0n) is 17.2. The van der Waals surface area contributed by atoms with Crippen LogP contribution in [-0.2, 0) is 13.0 Å². The first kappa shape index (κ1) is 20.4. The van der Waals surface area contributed by atoms with Crippen LogP contribution in [0.2, 0.25) is 0 Å². The van der Waals surface area contributed by atoms with E-state index in [1.807, 2.05) is 48.5 Å². The van der Waals surface area contributed by atoms with Crippen molar-refractivity contribution in [3.63, 3.8) is 0 Å². The lowest BCUT2D eigenvalue weighted by atomic mass is 9.58. The summed E-state index contributed by atoms with van der Waals surface area (Å²) < 4.78 is 0. The summed E-state index contributed by atoms with van der Waals surface area (Å²) in [6.07, 6.45) is 2.60. The van der Waals surface area contributed by atoms with Gasteiger partial charge >= 0.3 is 0 Å². The highest BCUT2D eigenvalue weighted by molar-refractivity contribution is 5.56. The fraction of sp³-hybridized carbons (Fsp3) is 0.269. The zero-order valence-corrected chi connectivity index (χ0v) is 17.2. The summed E-state index contributed by atoms with van der Waals surface area (Å²) in [5, 5.41) is 30.1. The normalized spacial score (nSPS) is 22.4. The van der Waals surface area contributed by atoms with Gasteiger partial charge in [-0.3, -0.25) is 4.90 Å². The lowest BCUT2D eigenvalue weighted by molar-refractivity contribution is 0.162. The molecule has 2 aromatic carbocycles. The molecule has 0 bridgehead atoms. The fourth-order valence-electron chi connectivity index (χ4n) is 4.89. The Morgan fingerprint density at radius 1 is 0.935 bits per heavy atom. The largest absolute Gasteiger partial charge is 0.399 e. The molecule has 0 aromatic heterocycles. The van der Waals surface area contributed by atoms with Gasteiger partial charge in [-0.05, 0) is 23.1 Å². The van der Waals surface area contributed by atoms with E-state index >= 15 is 0 Å². The molecule has 1 aliphatic carbocycles. The fourth-order valence-corrected chi connectivity index (χ4v) is 4.89. The molecule has 0 fully saturated rings. The number of nitrogens with zero attached hydrogens (tertiary/aromatic N) is 4. The van der Waals surface area contributed by atoms with Gasteiger partial charge in [0.1, 0.15) is 6.07 Å². The van der Waals surface area contributed by atoms with Crippen LogP contribution in [0.3, 0.4) is 0 Å². The minimum absolute atomic E-state index is 0.0972. The standard InChI is InChI=1S/C26H23N5/c27-14-22-21-11-12-31(15-20-9-5-2-6-10-20)16-23(21)24(13-19-7-3-1-4-8-19)26(17-28,18-29)25(22)30/h1-11,23-24H,12-13,15-16,30H2. The second-order valence-corrected chi connectivity index (χ2v) is 8.17. The van der Waals surface area contributed by atoms with Crippen molar-refractivity contribution < 1.29 is 0 Å². The highest BCUT2D eigenvalue weighted by atomic mass is 15.1. The van der Waals surface area contributed by atoms with Gasteiger partial charge in [-0.15, -0.1) is 0 Å². The van der Waals surface area contributed by atoms with Crippen LogP contribution in [0.25, 0.3) is 0 Å². The maximum Gasteiger partial charge on any atom is 0.187 e. The van der Waals surface area contributed by atoms with Crippen LogP contribution in [0.15, 0.2) is 83.6 Å². The molecule has 1 heterocycles. The molecule has 2 unspecified atom stereocenters. The lowest BCUT2D eigenvalue weighted by Crippen LogP contribution is -2.49. The summed E-state index contributed by atoms with van der Waals surface area (Å²) in [5.74, 6) is -0.467. The van der Waals surface area contributed by atoms with E-state index in [0.717, 1.165) is 17.7 Å². The van der Waals surface area contributed by atoms with E-state index in [4.69, 9.17) is 5.73 Å². The predicted octanol–water partition coefficient (Wildman–Crippen LogP) is 3.69. The van der Waals surface area contributed by atoms with Crippen molar-refractivity contribution in [1.29, 1.82) is 15.8 Å². The average molecular weight is 406 g/mol. The first-order valence-electron chi connectivity index (χ1n) is 10.4. The molecule has 0 spiro atoms. The lowest BCUT2D eigenvalue weighted by Gasteiger charge is -2.45. The van der Waals surface area contributed by atoms with Gasteiger partial charge in [-0.1, -0.05) is 66.7 Å². The average Bonchev–Trinajstić information content (AvgIpc) is 2.81. The molecule has 4 rings (SSSR count). The molecule has 2 aromatic rings. The summed E-state index contributed by atoms with van der Waals surface area (Å²) in [5.41, 5.74) is 8.36. The highest BCUT2D eigenvalue weighted by Crippen LogP contribution is 2.50. The molecule has 152 valence electrons. The molecule has 0 saturated carbocycles. The molecule has 5 nitrogen and oxygen atoms in total. The molecule has 0 saturated heterocycles. The maximum atomic E-state index is 10.1. The Morgan fingerprint density at radius 3 is 2.13 bits per heavy atom. The summed E-state index contributed by atoms with van der Waals surface area (Å²) in [6.45, 7) is 2.14. The predicted molar refractivity (Wildman–Crippen MR) is 117 cm³/mol. The molecular weight excluding hydrogens is 382 g/mol. The second kappa shape index (κ2) is 8.49. The Hall–Kier alpha value is -3.85. The van der Waals surface area contributed by atoms with Crippen molar-refractivity contribution in [1.82, 2.24) is 4.90 Å². The number of hydrogen-bond acceptors (Lipinski definition) is 5. The van der Waals surface area contributed by atoms with Crippen molar-refractivity contribution in [2.24, 2.45) is 23.0 Å². The summed E-state index contributed by atoms with van der Waals surface area (Å²) in [6, 6.07) is 26.7. The Bertz CT molecular complexity index is 1130. The van der Waals surface area contributed by atoms with Crippen LogP contribution in [-0.4, -0.2) is 18.0 Å². The maximum absolute atomic E-state index is 10.1. The van der Waals surface area contributed by atoms with Gasteiger partial charge in [0.2, 0.25) is 0 Å². The Kier molecular flexibility index (Phi) is 5.59. The van der Waals surface area contributed by atoms with Crippen molar-refractivity contribution >= 4 is 0 Å². The summed E-state index contributed by atoms with van der Waals surface area (Å²) >= 11 is 0. The van der Waals surface area contributed by atoms with E-state index < -0.39 is 5.41 Å². The van der Waals surface area contributed by atoms with Crippen LogP contribution < -0.4 is 5.73 Å². The first-order chi connectivity index (χ1) is 15.1. The van der Waals surface area contributed by atoms with Crippen molar-refractivity contribution in [2.45, 2.75) is 13.0 Å². The van der Waals surface area contributed by atoms with Crippen molar-refractivity contribution in [2.75, 3.05) is 13.1 Å². The van der Waals surface area contributed by atoms with Gasteiger partial charge in [0, 0.05) is 31.5 Å². The number of hydrogen-bond donors (Lipinski definition) is 1. The molecule has 1 aliphatic heterocycles. The number of fused-ring (bicyclic) bond motifs is 1. The van der Waals surface area contributed by atoms with Crippen molar-refractivity contribution in [3.05, 3.63) is 94.7 Å². The molecule has 2 N–H and O–H groups in total. The van der Waals surface area contributed by atoms with Crippen LogP contribution in [0.5, 0.6) is 0 Å². The van der Waals surface area contributed by atoms with Crippen molar-refractivity contribution in [3.8, 4) is 18.2 Å². The van der Waals surface area contributed by atoms with Crippen LogP contribution >= 0.6 is 0 Å². The molecule has 0 amide bonds. The van der Waals surface area contributed by atoms with E-state index in [1.165, 1.54) is 5.56 Å². The molecule has 0 radical (unpaired) electrons. The van der Waals surface area contributed by atoms with Gasteiger partial charge < -0.3 is 5.73 Å². The first-order valence-corrected chi connectivity index (χ1v) is 10.4.